The number of para-hydroxylation sites is 2. The van der Waals surface area contributed by atoms with E-state index in [2.05, 4.69) is 57.4 Å². The molecule has 0 saturated carbocycles. The van der Waals surface area contributed by atoms with E-state index in [4.69, 9.17) is 9.47 Å². The van der Waals surface area contributed by atoms with Crippen LogP contribution in [0.3, 0.4) is 0 Å². The standard InChI is InChI=1S/C41H46N4O5/c1-28-38(25-45-27-44-36-14-5-6-15-37(36)45)49-41(50-40(28)32-19-17-30(26-46)18-20-32)35-13-9-12-34(23-35)33-11-8-10-31(22-33)24-43-39(48)16-4-3-7-21-42-29(2)47/h5-6,8-15,17-20,22-23,27-28,38,40-41,46H,3-4,7,16,21,24-26H2,1-2H3,(H,42,47)(H,43,48)/t28-,38+,40+,41+/m0/s1. The molecule has 50 heavy (non-hydrogen) atoms. The van der Waals surface area contributed by atoms with Crippen LogP contribution in [-0.4, -0.2) is 39.1 Å². The Labute approximate surface area is 293 Å². The van der Waals surface area contributed by atoms with E-state index in [1.165, 1.54) is 6.92 Å². The highest BCUT2D eigenvalue weighted by molar-refractivity contribution is 5.76. The number of aromatic nitrogens is 2. The predicted molar refractivity (Wildman–Crippen MR) is 194 cm³/mol. The molecule has 2 heterocycles. The number of fused-ring (bicyclic) bond motifs is 1. The number of rotatable bonds is 14. The Balaban J connectivity index is 1.16. The molecule has 1 aliphatic rings. The molecule has 0 radical (unpaired) electrons. The summed E-state index contributed by atoms with van der Waals surface area (Å²) in [6, 6.07) is 32.6. The quantitative estimate of drug-likeness (QED) is 0.109. The van der Waals surface area contributed by atoms with Crippen LogP contribution in [-0.2, 0) is 38.8 Å². The molecule has 1 aromatic heterocycles. The van der Waals surface area contributed by atoms with Crippen LogP contribution >= 0.6 is 0 Å². The second kappa shape index (κ2) is 16.7. The molecule has 0 aliphatic carbocycles. The number of nitrogens with zero attached hydrogens (tertiary/aromatic N) is 2. The topological polar surface area (TPSA) is 115 Å². The summed E-state index contributed by atoms with van der Waals surface area (Å²) in [6.07, 6.45) is 3.90. The van der Waals surface area contributed by atoms with Gasteiger partial charge in [-0.05, 0) is 64.9 Å². The molecule has 0 spiro atoms. The molecular weight excluding hydrogens is 628 g/mol. The smallest absolute Gasteiger partial charge is 0.220 e. The van der Waals surface area contributed by atoms with Crippen LogP contribution in [0.4, 0.5) is 0 Å². The summed E-state index contributed by atoms with van der Waals surface area (Å²) in [6.45, 7) is 5.39. The normalized spacial score (nSPS) is 18.9. The van der Waals surface area contributed by atoms with Crippen LogP contribution in [0.15, 0.2) is 103 Å². The number of carbonyl (C=O) groups is 2. The molecule has 6 rings (SSSR count). The van der Waals surface area contributed by atoms with Crippen molar-refractivity contribution in [1.29, 1.82) is 0 Å². The maximum atomic E-state index is 12.5. The molecule has 0 bridgehead atoms. The highest BCUT2D eigenvalue weighted by Gasteiger charge is 2.38. The van der Waals surface area contributed by atoms with Crippen LogP contribution in [0, 0.1) is 5.92 Å². The van der Waals surface area contributed by atoms with Crippen molar-refractivity contribution in [2.24, 2.45) is 5.92 Å². The van der Waals surface area contributed by atoms with Gasteiger partial charge in [0.2, 0.25) is 11.8 Å². The average molecular weight is 675 g/mol. The lowest BCUT2D eigenvalue weighted by atomic mass is 9.90. The second-order valence-corrected chi connectivity index (χ2v) is 13.1. The zero-order valence-corrected chi connectivity index (χ0v) is 28.8. The summed E-state index contributed by atoms with van der Waals surface area (Å²) in [4.78, 5) is 28.1. The molecule has 1 aliphatic heterocycles. The molecule has 1 fully saturated rings. The molecule has 4 atom stereocenters. The molecule has 4 aromatic carbocycles. The Kier molecular flexibility index (Phi) is 11.7. The summed E-state index contributed by atoms with van der Waals surface area (Å²) >= 11 is 0. The molecular formula is C41H46N4O5. The fraction of sp³-hybridized carbons (Fsp3) is 0.341. The van der Waals surface area contributed by atoms with E-state index >= 15 is 0 Å². The predicted octanol–water partition coefficient (Wildman–Crippen LogP) is 7.00. The Morgan fingerprint density at radius 3 is 2.40 bits per heavy atom. The van der Waals surface area contributed by atoms with E-state index in [0.29, 0.717) is 26.1 Å². The number of aliphatic hydroxyl groups excluding tert-OH is 1. The first-order chi connectivity index (χ1) is 24.4. The van der Waals surface area contributed by atoms with E-state index in [-0.39, 0.29) is 36.5 Å². The summed E-state index contributed by atoms with van der Waals surface area (Å²) in [7, 11) is 0. The molecule has 9 nitrogen and oxygen atoms in total. The summed E-state index contributed by atoms with van der Waals surface area (Å²) < 4.78 is 15.7. The molecule has 260 valence electrons. The SMILES string of the molecule is CC(=O)NCCCCCC(=O)NCc1cccc(-c2cccc([C@@H]3O[C@H](Cn4cnc5ccccc54)[C@H](C)[C@H](c4ccc(CO)cc4)O3)c2)c1. The van der Waals surface area contributed by atoms with Crippen molar-refractivity contribution < 1.29 is 24.2 Å². The lowest BCUT2D eigenvalue weighted by Gasteiger charge is -2.41. The zero-order chi connectivity index (χ0) is 34.9. The van der Waals surface area contributed by atoms with Crippen molar-refractivity contribution in [3.63, 3.8) is 0 Å². The Bertz CT molecular complexity index is 1890. The van der Waals surface area contributed by atoms with Gasteiger partial charge in [-0.25, -0.2) is 4.98 Å². The van der Waals surface area contributed by atoms with Gasteiger partial charge in [0.25, 0.3) is 0 Å². The number of hydrogen-bond donors (Lipinski definition) is 3. The first kappa shape index (κ1) is 35.0. The van der Waals surface area contributed by atoms with Crippen molar-refractivity contribution in [2.75, 3.05) is 6.54 Å². The zero-order valence-electron chi connectivity index (χ0n) is 28.8. The molecule has 3 N–H and O–H groups in total. The van der Waals surface area contributed by atoms with Crippen LogP contribution in [0.25, 0.3) is 22.2 Å². The fourth-order valence-corrected chi connectivity index (χ4v) is 6.54. The summed E-state index contributed by atoms with van der Waals surface area (Å²) in [5.74, 6) is 0.0316. The Morgan fingerprint density at radius 2 is 1.60 bits per heavy atom. The highest BCUT2D eigenvalue weighted by Crippen LogP contribution is 2.43. The van der Waals surface area contributed by atoms with Gasteiger partial charge in [0, 0.05) is 37.9 Å². The van der Waals surface area contributed by atoms with Gasteiger partial charge in [-0.15, -0.1) is 0 Å². The largest absolute Gasteiger partial charge is 0.392 e. The third-order valence-electron chi connectivity index (χ3n) is 9.39. The summed E-state index contributed by atoms with van der Waals surface area (Å²) in [5.41, 5.74) is 7.92. The number of hydrogen-bond acceptors (Lipinski definition) is 6. The monoisotopic (exact) mass is 674 g/mol. The minimum Gasteiger partial charge on any atom is -0.392 e. The maximum absolute atomic E-state index is 12.5. The van der Waals surface area contributed by atoms with Gasteiger partial charge < -0.3 is 29.8 Å². The average Bonchev–Trinajstić information content (AvgIpc) is 3.55. The number of amides is 2. The van der Waals surface area contributed by atoms with Gasteiger partial charge in [-0.3, -0.25) is 9.59 Å². The van der Waals surface area contributed by atoms with Crippen molar-refractivity contribution in [3.8, 4) is 11.1 Å². The Morgan fingerprint density at radius 1 is 0.820 bits per heavy atom. The molecule has 1 saturated heterocycles. The van der Waals surface area contributed by atoms with E-state index in [1.54, 1.807) is 0 Å². The van der Waals surface area contributed by atoms with Crippen molar-refractivity contribution >= 4 is 22.8 Å². The van der Waals surface area contributed by atoms with E-state index < -0.39 is 6.29 Å². The number of aliphatic hydroxyl groups is 1. The number of benzene rings is 4. The minimum atomic E-state index is -0.603. The van der Waals surface area contributed by atoms with Gasteiger partial charge >= 0.3 is 0 Å². The molecule has 5 aromatic rings. The van der Waals surface area contributed by atoms with Gasteiger partial charge in [-0.2, -0.15) is 0 Å². The molecule has 9 heteroatoms. The maximum Gasteiger partial charge on any atom is 0.220 e. The van der Waals surface area contributed by atoms with Crippen molar-refractivity contribution in [1.82, 2.24) is 20.2 Å². The number of unbranched alkanes of at least 4 members (excludes halogenated alkanes) is 2. The van der Waals surface area contributed by atoms with Crippen LogP contribution in [0.5, 0.6) is 0 Å². The fourth-order valence-electron chi connectivity index (χ4n) is 6.54. The third-order valence-corrected chi connectivity index (χ3v) is 9.39. The van der Waals surface area contributed by atoms with Gasteiger partial charge in [-0.1, -0.05) is 86.1 Å². The number of imidazole rings is 1. The van der Waals surface area contributed by atoms with Crippen molar-refractivity contribution in [2.45, 2.75) is 77.7 Å². The summed E-state index contributed by atoms with van der Waals surface area (Å²) in [5, 5.41) is 15.5. The third kappa shape index (κ3) is 8.84. The van der Waals surface area contributed by atoms with Crippen LogP contribution in [0.1, 0.15) is 74.2 Å². The van der Waals surface area contributed by atoms with Gasteiger partial charge in [0.15, 0.2) is 6.29 Å². The minimum absolute atomic E-state index is 0.00803. The molecule has 0 unspecified atom stereocenters. The van der Waals surface area contributed by atoms with E-state index in [0.717, 1.165) is 63.7 Å². The van der Waals surface area contributed by atoms with Gasteiger partial charge in [0.05, 0.1) is 42.7 Å². The Hall–Kier alpha value is -4.83. The van der Waals surface area contributed by atoms with Gasteiger partial charge in [0.1, 0.15) is 0 Å². The molecule has 2 amide bonds. The lowest BCUT2D eigenvalue weighted by Crippen LogP contribution is -2.39. The number of ether oxygens (including phenoxy) is 2. The van der Waals surface area contributed by atoms with E-state index in [9.17, 15) is 14.7 Å². The van der Waals surface area contributed by atoms with E-state index in [1.807, 2.05) is 73.1 Å². The highest BCUT2D eigenvalue weighted by atomic mass is 16.7. The van der Waals surface area contributed by atoms with Crippen molar-refractivity contribution in [3.05, 3.63) is 126 Å². The number of carbonyl (C=O) groups excluding carboxylic acids is 2. The van der Waals surface area contributed by atoms with Crippen LogP contribution in [0.2, 0.25) is 0 Å². The lowest BCUT2D eigenvalue weighted by molar-refractivity contribution is -0.276. The first-order valence-electron chi connectivity index (χ1n) is 17.5. The first-order valence-corrected chi connectivity index (χ1v) is 17.5. The number of nitrogens with one attached hydrogen (secondary N) is 2. The van der Waals surface area contributed by atoms with Crippen LogP contribution < -0.4 is 10.6 Å². The second-order valence-electron chi connectivity index (χ2n) is 13.1.